The number of ether oxygens (including phenoxy) is 1. The number of carbonyl (C=O) groups excluding carboxylic acids is 1. The SMILES string of the molecule is COc1nccc(C(=O)N2CCC(F)(c3ccccc3F)C2)n1. The molecule has 0 bridgehead atoms. The fraction of sp³-hybridized carbons (Fsp3) is 0.312. The summed E-state index contributed by atoms with van der Waals surface area (Å²) in [6.07, 6.45) is 1.44. The van der Waals surface area contributed by atoms with Crippen LogP contribution in [0.3, 0.4) is 0 Å². The minimum absolute atomic E-state index is 0.0180. The highest BCUT2D eigenvalue weighted by Gasteiger charge is 2.43. The van der Waals surface area contributed by atoms with Crippen LogP contribution < -0.4 is 4.74 Å². The standard InChI is InChI=1S/C16H15F2N3O2/c1-23-15-19-8-6-13(20-15)14(22)21-9-7-16(18,10-21)11-4-2-3-5-12(11)17/h2-6,8H,7,9-10H2,1H3. The van der Waals surface area contributed by atoms with Gasteiger partial charge >= 0.3 is 6.01 Å². The third-order valence-corrected chi connectivity index (χ3v) is 3.90. The monoisotopic (exact) mass is 319 g/mol. The van der Waals surface area contributed by atoms with Crippen LogP contribution in [-0.2, 0) is 5.67 Å². The molecule has 2 aromatic rings. The van der Waals surface area contributed by atoms with E-state index in [1.807, 2.05) is 0 Å². The van der Waals surface area contributed by atoms with E-state index in [1.54, 1.807) is 6.07 Å². The van der Waals surface area contributed by atoms with Crippen LogP contribution >= 0.6 is 0 Å². The van der Waals surface area contributed by atoms with E-state index in [9.17, 15) is 9.18 Å². The van der Waals surface area contributed by atoms with Gasteiger partial charge in [-0.15, -0.1) is 0 Å². The third-order valence-electron chi connectivity index (χ3n) is 3.90. The lowest BCUT2D eigenvalue weighted by Gasteiger charge is -2.21. The molecular formula is C16H15F2N3O2. The van der Waals surface area contributed by atoms with Crippen LogP contribution in [-0.4, -0.2) is 41.0 Å². The normalized spacial score (nSPS) is 20.6. The van der Waals surface area contributed by atoms with Crippen LogP contribution in [0.1, 0.15) is 22.5 Å². The average Bonchev–Trinajstić information content (AvgIpc) is 2.98. The first-order chi connectivity index (χ1) is 11.0. The summed E-state index contributed by atoms with van der Waals surface area (Å²) in [6, 6.07) is 7.22. The highest BCUT2D eigenvalue weighted by Crippen LogP contribution is 2.37. The molecule has 1 aliphatic heterocycles. The van der Waals surface area contributed by atoms with Crippen LogP contribution in [0.4, 0.5) is 8.78 Å². The zero-order valence-corrected chi connectivity index (χ0v) is 12.5. The van der Waals surface area contributed by atoms with E-state index in [0.717, 1.165) is 0 Å². The highest BCUT2D eigenvalue weighted by atomic mass is 19.1. The first-order valence-electron chi connectivity index (χ1n) is 7.14. The van der Waals surface area contributed by atoms with Crippen molar-refractivity contribution in [1.82, 2.24) is 14.9 Å². The van der Waals surface area contributed by atoms with Crippen LogP contribution in [0.25, 0.3) is 0 Å². The van der Waals surface area contributed by atoms with Crippen LogP contribution in [0.15, 0.2) is 36.5 Å². The number of methoxy groups -OCH3 is 1. The topological polar surface area (TPSA) is 55.3 Å². The number of amides is 1. The van der Waals surface area contributed by atoms with Crippen molar-refractivity contribution >= 4 is 5.91 Å². The van der Waals surface area contributed by atoms with Crippen molar-refractivity contribution in [2.45, 2.75) is 12.1 Å². The van der Waals surface area contributed by atoms with Crippen molar-refractivity contribution in [3.8, 4) is 6.01 Å². The fourth-order valence-corrected chi connectivity index (χ4v) is 2.71. The van der Waals surface area contributed by atoms with Gasteiger partial charge in [0.1, 0.15) is 11.5 Å². The molecule has 2 heterocycles. The number of carbonyl (C=O) groups is 1. The Morgan fingerprint density at radius 2 is 2.13 bits per heavy atom. The molecule has 1 atom stereocenters. The Hall–Kier alpha value is -2.57. The van der Waals surface area contributed by atoms with Crippen LogP contribution in [0, 0.1) is 5.82 Å². The van der Waals surface area contributed by atoms with Crippen LogP contribution in [0.2, 0.25) is 0 Å². The lowest BCUT2D eigenvalue weighted by Crippen LogP contribution is -2.33. The second-order valence-corrected chi connectivity index (χ2v) is 5.35. The highest BCUT2D eigenvalue weighted by molar-refractivity contribution is 5.92. The van der Waals surface area contributed by atoms with E-state index in [1.165, 1.54) is 42.5 Å². The predicted molar refractivity (Wildman–Crippen MR) is 78.3 cm³/mol. The molecule has 0 spiro atoms. The minimum atomic E-state index is -1.89. The number of hydrogen-bond donors (Lipinski definition) is 0. The first kappa shape index (κ1) is 15.3. The molecule has 1 aliphatic rings. The second-order valence-electron chi connectivity index (χ2n) is 5.35. The quantitative estimate of drug-likeness (QED) is 0.871. The average molecular weight is 319 g/mol. The van der Waals surface area contributed by atoms with E-state index >= 15 is 4.39 Å². The number of hydrogen-bond acceptors (Lipinski definition) is 4. The van der Waals surface area contributed by atoms with E-state index in [4.69, 9.17) is 4.74 Å². The number of rotatable bonds is 3. The summed E-state index contributed by atoms with van der Waals surface area (Å²) in [7, 11) is 1.39. The van der Waals surface area contributed by atoms with Crippen molar-refractivity contribution in [1.29, 1.82) is 0 Å². The van der Waals surface area contributed by atoms with E-state index in [2.05, 4.69) is 9.97 Å². The lowest BCUT2D eigenvalue weighted by atomic mass is 9.94. The van der Waals surface area contributed by atoms with Gasteiger partial charge in [-0.1, -0.05) is 18.2 Å². The van der Waals surface area contributed by atoms with Gasteiger partial charge in [0.25, 0.3) is 5.91 Å². The molecule has 1 aromatic carbocycles. The summed E-state index contributed by atoms with van der Waals surface area (Å²) in [5.74, 6) is -1.03. The molecule has 0 saturated carbocycles. The van der Waals surface area contributed by atoms with Crippen molar-refractivity contribution in [2.75, 3.05) is 20.2 Å². The molecular weight excluding hydrogens is 304 g/mol. The Morgan fingerprint density at radius 1 is 1.35 bits per heavy atom. The molecule has 1 aromatic heterocycles. The van der Waals surface area contributed by atoms with Gasteiger partial charge in [-0.05, 0) is 12.1 Å². The largest absolute Gasteiger partial charge is 0.467 e. The molecule has 3 rings (SSSR count). The first-order valence-corrected chi connectivity index (χ1v) is 7.14. The molecule has 23 heavy (non-hydrogen) atoms. The summed E-state index contributed by atoms with van der Waals surface area (Å²) >= 11 is 0. The molecule has 1 fully saturated rings. The molecule has 120 valence electrons. The molecule has 0 radical (unpaired) electrons. The number of aromatic nitrogens is 2. The zero-order valence-electron chi connectivity index (χ0n) is 12.5. The van der Waals surface area contributed by atoms with Gasteiger partial charge in [0, 0.05) is 24.7 Å². The Labute approximate surface area is 131 Å². The molecule has 1 amide bonds. The number of alkyl halides is 1. The van der Waals surface area contributed by atoms with Gasteiger partial charge in [0.2, 0.25) is 0 Å². The molecule has 1 saturated heterocycles. The third kappa shape index (κ3) is 2.86. The number of halogens is 2. The fourth-order valence-electron chi connectivity index (χ4n) is 2.71. The molecule has 0 N–H and O–H groups in total. The van der Waals surface area contributed by atoms with E-state index < -0.39 is 17.4 Å². The van der Waals surface area contributed by atoms with Crippen molar-refractivity contribution in [2.24, 2.45) is 0 Å². The molecule has 0 aliphatic carbocycles. The van der Waals surface area contributed by atoms with E-state index in [0.29, 0.717) is 0 Å². The number of benzene rings is 1. The second kappa shape index (κ2) is 5.91. The van der Waals surface area contributed by atoms with E-state index in [-0.39, 0.29) is 36.8 Å². The summed E-state index contributed by atoms with van der Waals surface area (Å²) in [5.41, 5.74) is -1.79. The van der Waals surface area contributed by atoms with Gasteiger partial charge in [-0.2, -0.15) is 4.98 Å². The van der Waals surface area contributed by atoms with Gasteiger partial charge in [-0.25, -0.2) is 13.8 Å². The summed E-state index contributed by atoms with van der Waals surface area (Å²) in [4.78, 5) is 21.5. The van der Waals surface area contributed by atoms with Gasteiger partial charge in [-0.3, -0.25) is 4.79 Å². The Kier molecular flexibility index (Phi) is 3.94. The summed E-state index contributed by atoms with van der Waals surface area (Å²) in [6.45, 7) is -0.0188. The number of nitrogens with zero attached hydrogens (tertiary/aromatic N) is 3. The zero-order chi connectivity index (χ0) is 16.4. The summed E-state index contributed by atoms with van der Waals surface area (Å²) in [5, 5.41) is 0. The van der Waals surface area contributed by atoms with Gasteiger partial charge in [0.05, 0.1) is 13.7 Å². The van der Waals surface area contributed by atoms with Crippen molar-refractivity contribution < 1.29 is 18.3 Å². The smallest absolute Gasteiger partial charge is 0.316 e. The lowest BCUT2D eigenvalue weighted by molar-refractivity contribution is 0.0741. The van der Waals surface area contributed by atoms with Crippen LogP contribution in [0.5, 0.6) is 6.01 Å². The molecule has 1 unspecified atom stereocenters. The minimum Gasteiger partial charge on any atom is -0.467 e. The maximum atomic E-state index is 15.1. The Bertz CT molecular complexity index is 741. The Morgan fingerprint density at radius 3 is 2.87 bits per heavy atom. The van der Waals surface area contributed by atoms with Gasteiger partial charge < -0.3 is 9.64 Å². The number of likely N-dealkylation sites (tertiary alicyclic amines) is 1. The Balaban J connectivity index is 1.81. The molecule has 5 nitrogen and oxygen atoms in total. The summed E-state index contributed by atoms with van der Waals surface area (Å²) < 4.78 is 33.8. The predicted octanol–water partition coefficient (Wildman–Crippen LogP) is 2.34. The maximum absolute atomic E-state index is 15.1. The maximum Gasteiger partial charge on any atom is 0.316 e. The van der Waals surface area contributed by atoms with Crippen molar-refractivity contribution in [3.05, 3.63) is 53.6 Å². The van der Waals surface area contributed by atoms with Gasteiger partial charge in [0.15, 0.2) is 5.67 Å². The molecule has 7 heteroatoms. The van der Waals surface area contributed by atoms with Crippen molar-refractivity contribution in [3.63, 3.8) is 0 Å².